The number of benzene rings is 3. The fourth-order valence-corrected chi connectivity index (χ4v) is 4.59. The second-order valence-corrected chi connectivity index (χ2v) is 8.76. The molecule has 0 saturated carbocycles. The van der Waals surface area contributed by atoms with E-state index in [1.165, 1.54) is 5.56 Å². The third-order valence-electron chi connectivity index (χ3n) is 6.16. The number of aromatic nitrogens is 2. The molecular weight excluding hydrogens is 420 g/mol. The summed E-state index contributed by atoms with van der Waals surface area (Å²) < 4.78 is 0. The number of phenols is 1. The maximum atomic E-state index is 10.4. The van der Waals surface area contributed by atoms with Gasteiger partial charge in [-0.3, -0.25) is 4.90 Å². The first-order valence-electron chi connectivity index (χ1n) is 10.8. The lowest BCUT2D eigenvalue weighted by atomic mass is 10.1. The smallest absolute Gasteiger partial charge is 0.165 e. The van der Waals surface area contributed by atoms with Gasteiger partial charge in [0, 0.05) is 43.1 Å². The first-order chi connectivity index (χ1) is 15.6. The molecule has 6 heteroatoms. The molecule has 1 unspecified atom stereocenters. The summed E-state index contributed by atoms with van der Waals surface area (Å²) in [5.74, 6) is 1.52. The molecule has 4 aromatic rings. The van der Waals surface area contributed by atoms with Crippen molar-refractivity contribution in [3.05, 3.63) is 83.4 Å². The summed E-state index contributed by atoms with van der Waals surface area (Å²) >= 11 is 6.27. The second-order valence-electron chi connectivity index (χ2n) is 8.32. The van der Waals surface area contributed by atoms with Crippen molar-refractivity contribution < 1.29 is 5.11 Å². The molecule has 5 nitrogen and oxygen atoms in total. The number of para-hydroxylation sites is 1. The van der Waals surface area contributed by atoms with Gasteiger partial charge in [-0.25, -0.2) is 9.97 Å². The number of halogens is 1. The molecule has 162 valence electrons. The first-order valence-corrected chi connectivity index (χ1v) is 11.2. The minimum atomic E-state index is 0.164. The van der Waals surface area contributed by atoms with E-state index in [1.54, 1.807) is 12.1 Å². The maximum Gasteiger partial charge on any atom is 0.165 e. The summed E-state index contributed by atoms with van der Waals surface area (Å²) in [5, 5.41) is 12.0. The van der Waals surface area contributed by atoms with E-state index >= 15 is 0 Å². The molecule has 0 radical (unpaired) electrons. The molecule has 1 fully saturated rings. The van der Waals surface area contributed by atoms with E-state index in [9.17, 15) is 5.11 Å². The summed E-state index contributed by atoms with van der Waals surface area (Å²) in [7, 11) is 2.10. The number of hydrogen-bond donors (Lipinski definition) is 1. The maximum absolute atomic E-state index is 10.4. The zero-order valence-electron chi connectivity index (χ0n) is 17.9. The molecule has 32 heavy (non-hydrogen) atoms. The third-order valence-corrected chi connectivity index (χ3v) is 6.40. The lowest BCUT2D eigenvalue weighted by Gasteiger charge is -2.27. The molecule has 1 atom stereocenters. The van der Waals surface area contributed by atoms with E-state index in [0.29, 0.717) is 22.5 Å². The van der Waals surface area contributed by atoms with Crippen LogP contribution in [0.3, 0.4) is 0 Å². The molecule has 1 N–H and O–H groups in total. The van der Waals surface area contributed by atoms with Crippen molar-refractivity contribution in [3.63, 3.8) is 0 Å². The van der Waals surface area contributed by atoms with Crippen LogP contribution in [0.1, 0.15) is 12.0 Å². The van der Waals surface area contributed by atoms with Gasteiger partial charge in [0.25, 0.3) is 0 Å². The van der Waals surface area contributed by atoms with E-state index in [-0.39, 0.29) is 5.75 Å². The number of likely N-dealkylation sites (N-methyl/N-ethyl adjacent to an activating group) is 1. The van der Waals surface area contributed by atoms with Crippen molar-refractivity contribution >= 4 is 28.3 Å². The van der Waals surface area contributed by atoms with E-state index in [0.717, 1.165) is 42.8 Å². The Hall–Kier alpha value is -3.15. The van der Waals surface area contributed by atoms with Crippen molar-refractivity contribution in [1.82, 2.24) is 14.9 Å². The van der Waals surface area contributed by atoms with Crippen molar-refractivity contribution in [2.24, 2.45) is 0 Å². The quantitative estimate of drug-likeness (QED) is 0.448. The molecule has 0 bridgehead atoms. The molecule has 0 spiro atoms. The van der Waals surface area contributed by atoms with Gasteiger partial charge in [-0.2, -0.15) is 0 Å². The van der Waals surface area contributed by atoms with Crippen molar-refractivity contribution in [2.45, 2.75) is 19.0 Å². The van der Waals surface area contributed by atoms with Crippen LogP contribution in [0, 0.1) is 0 Å². The minimum Gasteiger partial charge on any atom is -0.507 e. The Labute approximate surface area is 192 Å². The van der Waals surface area contributed by atoms with Crippen LogP contribution in [-0.4, -0.2) is 46.2 Å². The lowest BCUT2D eigenvalue weighted by Crippen LogP contribution is -2.35. The Bertz CT molecular complexity index is 1250. The molecule has 0 amide bonds. The van der Waals surface area contributed by atoms with Gasteiger partial charge in [-0.15, -0.1) is 0 Å². The Balaban J connectivity index is 1.48. The van der Waals surface area contributed by atoms with Crippen LogP contribution in [0.5, 0.6) is 5.75 Å². The standard InChI is InChI=1S/C26H25ClN4O/c1-30(20-13-14-31(17-20)16-18-7-3-2-4-8-18)26-21-12-11-19(27)15-23(21)28-25(29-26)22-9-5-6-10-24(22)32/h2-12,15,20,32H,13-14,16-17H2,1H3. The Morgan fingerprint density at radius 2 is 1.81 bits per heavy atom. The van der Waals surface area contributed by atoms with Gasteiger partial charge < -0.3 is 10.0 Å². The fraction of sp³-hybridized carbons (Fsp3) is 0.231. The highest BCUT2D eigenvalue weighted by molar-refractivity contribution is 6.31. The molecule has 1 aromatic heterocycles. The predicted octanol–water partition coefficient (Wildman–Crippen LogP) is 5.37. The summed E-state index contributed by atoms with van der Waals surface area (Å²) in [6.45, 7) is 2.97. The number of anilines is 1. The van der Waals surface area contributed by atoms with Gasteiger partial charge in [0.1, 0.15) is 11.6 Å². The van der Waals surface area contributed by atoms with Gasteiger partial charge in [0.2, 0.25) is 0 Å². The van der Waals surface area contributed by atoms with Crippen molar-refractivity contribution in [1.29, 1.82) is 0 Å². The minimum absolute atomic E-state index is 0.164. The van der Waals surface area contributed by atoms with Gasteiger partial charge >= 0.3 is 0 Å². The first kappa shape index (κ1) is 20.7. The number of hydrogen-bond acceptors (Lipinski definition) is 5. The highest BCUT2D eigenvalue weighted by Gasteiger charge is 2.28. The summed E-state index contributed by atoms with van der Waals surface area (Å²) in [5.41, 5.74) is 2.72. The third kappa shape index (κ3) is 4.14. The zero-order chi connectivity index (χ0) is 22.1. The molecular formula is C26H25ClN4O. The molecule has 3 aromatic carbocycles. The van der Waals surface area contributed by atoms with Crippen LogP contribution < -0.4 is 4.90 Å². The molecule has 5 rings (SSSR count). The van der Waals surface area contributed by atoms with Gasteiger partial charge in [-0.05, 0) is 42.3 Å². The Morgan fingerprint density at radius 3 is 2.62 bits per heavy atom. The van der Waals surface area contributed by atoms with Crippen LogP contribution >= 0.6 is 11.6 Å². The second kappa shape index (κ2) is 8.77. The number of likely N-dealkylation sites (tertiary alicyclic amines) is 1. The van der Waals surface area contributed by atoms with Crippen LogP contribution in [-0.2, 0) is 6.54 Å². The SMILES string of the molecule is CN(c1nc(-c2ccccc2O)nc2cc(Cl)ccc12)C1CCN(Cc2ccccc2)C1. The van der Waals surface area contributed by atoms with Gasteiger partial charge in [0.15, 0.2) is 5.82 Å². The predicted molar refractivity (Wildman–Crippen MR) is 130 cm³/mol. The van der Waals surface area contributed by atoms with Crippen LogP contribution in [0.2, 0.25) is 5.02 Å². The molecule has 0 aliphatic carbocycles. The highest BCUT2D eigenvalue weighted by Crippen LogP contribution is 2.33. The monoisotopic (exact) mass is 444 g/mol. The topological polar surface area (TPSA) is 52.5 Å². The number of phenolic OH excluding ortho intramolecular Hbond substituents is 1. The lowest BCUT2D eigenvalue weighted by molar-refractivity contribution is 0.326. The van der Waals surface area contributed by atoms with E-state index in [4.69, 9.17) is 21.6 Å². The number of fused-ring (bicyclic) bond motifs is 1. The van der Waals surface area contributed by atoms with E-state index < -0.39 is 0 Å². The normalized spacial score (nSPS) is 16.5. The number of rotatable bonds is 5. The zero-order valence-corrected chi connectivity index (χ0v) is 18.7. The number of aromatic hydroxyl groups is 1. The van der Waals surface area contributed by atoms with Crippen molar-refractivity contribution in [3.8, 4) is 17.1 Å². The molecule has 2 heterocycles. The summed E-state index contributed by atoms with van der Waals surface area (Å²) in [4.78, 5) is 14.4. The van der Waals surface area contributed by atoms with E-state index in [2.05, 4.69) is 47.2 Å². The van der Waals surface area contributed by atoms with Gasteiger partial charge in [-0.1, -0.05) is 54.1 Å². The molecule has 1 aliphatic heterocycles. The van der Waals surface area contributed by atoms with Crippen molar-refractivity contribution in [2.75, 3.05) is 25.0 Å². The summed E-state index contributed by atoms with van der Waals surface area (Å²) in [6.07, 6.45) is 1.06. The highest BCUT2D eigenvalue weighted by atomic mass is 35.5. The van der Waals surface area contributed by atoms with Crippen LogP contribution in [0.4, 0.5) is 5.82 Å². The Morgan fingerprint density at radius 1 is 1.03 bits per heavy atom. The average molecular weight is 445 g/mol. The van der Waals surface area contributed by atoms with Crippen LogP contribution in [0.15, 0.2) is 72.8 Å². The number of nitrogens with zero attached hydrogens (tertiary/aromatic N) is 4. The van der Waals surface area contributed by atoms with E-state index in [1.807, 2.05) is 30.3 Å². The largest absolute Gasteiger partial charge is 0.507 e. The van der Waals surface area contributed by atoms with Crippen LogP contribution in [0.25, 0.3) is 22.3 Å². The average Bonchev–Trinajstić information content (AvgIpc) is 3.27. The Kier molecular flexibility index (Phi) is 5.68. The van der Waals surface area contributed by atoms with Gasteiger partial charge in [0.05, 0.1) is 11.1 Å². The molecule has 1 aliphatic rings. The fourth-order valence-electron chi connectivity index (χ4n) is 4.42. The molecule has 1 saturated heterocycles. The summed E-state index contributed by atoms with van der Waals surface area (Å²) in [6, 6.07) is 23.8.